The second-order valence-corrected chi connectivity index (χ2v) is 3.97. The van der Waals surface area contributed by atoms with E-state index >= 15 is 0 Å². The summed E-state index contributed by atoms with van der Waals surface area (Å²) in [6.07, 6.45) is 0. The van der Waals surface area contributed by atoms with E-state index in [-0.39, 0.29) is 0 Å². The number of benzene rings is 2. The summed E-state index contributed by atoms with van der Waals surface area (Å²) in [5.41, 5.74) is 1.50. The van der Waals surface area contributed by atoms with Gasteiger partial charge in [-0.3, -0.25) is 0 Å². The molecule has 15 heavy (non-hydrogen) atoms. The van der Waals surface area contributed by atoms with Gasteiger partial charge < -0.3 is 0 Å². The smallest absolute Gasteiger partial charge is 0.159 e. The van der Waals surface area contributed by atoms with Crippen LogP contribution in [-0.4, -0.2) is 0 Å². The minimum atomic E-state index is -0.846. The number of rotatable bonds is 1. The quantitative estimate of drug-likeness (QED) is 0.673. The lowest BCUT2D eigenvalue weighted by molar-refractivity contribution is 0.508. The van der Waals surface area contributed by atoms with Gasteiger partial charge in [0.2, 0.25) is 0 Å². The average molecular weight is 269 g/mol. The maximum absolute atomic E-state index is 13.0. The molecule has 0 N–H and O–H groups in total. The molecule has 0 unspecified atom stereocenters. The van der Waals surface area contributed by atoms with Gasteiger partial charge in [0, 0.05) is 4.47 Å². The van der Waals surface area contributed by atoms with E-state index in [2.05, 4.69) is 15.9 Å². The third kappa shape index (κ3) is 2.07. The first-order chi connectivity index (χ1) is 7.18. The van der Waals surface area contributed by atoms with Crippen molar-refractivity contribution in [3.8, 4) is 11.1 Å². The van der Waals surface area contributed by atoms with Crippen LogP contribution in [0.4, 0.5) is 8.78 Å². The van der Waals surface area contributed by atoms with Gasteiger partial charge >= 0.3 is 0 Å². The number of halogens is 3. The summed E-state index contributed by atoms with van der Waals surface area (Å²) < 4.78 is 26.5. The van der Waals surface area contributed by atoms with Crippen LogP contribution < -0.4 is 0 Å². The zero-order valence-electron chi connectivity index (χ0n) is 7.68. The highest BCUT2D eigenvalue weighted by Gasteiger charge is 2.08. The van der Waals surface area contributed by atoms with Crippen molar-refractivity contribution in [2.45, 2.75) is 0 Å². The highest BCUT2D eigenvalue weighted by Crippen LogP contribution is 2.29. The van der Waals surface area contributed by atoms with Gasteiger partial charge in [0.1, 0.15) is 0 Å². The zero-order chi connectivity index (χ0) is 10.8. The Kier molecular flexibility index (Phi) is 2.82. The van der Waals surface area contributed by atoms with Gasteiger partial charge in [-0.25, -0.2) is 8.78 Å². The molecule has 0 nitrogen and oxygen atoms in total. The molecule has 2 aromatic rings. The van der Waals surface area contributed by atoms with E-state index in [4.69, 9.17) is 0 Å². The van der Waals surface area contributed by atoms with Crippen LogP contribution in [0.25, 0.3) is 11.1 Å². The summed E-state index contributed by atoms with van der Waals surface area (Å²) in [5, 5.41) is 0. The van der Waals surface area contributed by atoms with E-state index in [1.54, 1.807) is 0 Å². The lowest BCUT2D eigenvalue weighted by Crippen LogP contribution is -1.87. The molecule has 0 amide bonds. The second-order valence-electron chi connectivity index (χ2n) is 3.11. The highest BCUT2D eigenvalue weighted by molar-refractivity contribution is 9.10. The molecule has 0 heterocycles. The summed E-state index contributed by atoms with van der Waals surface area (Å²) in [7, 11) is 0. The van der Waals surface area contributed by atoms with Crippen molar-refractivity contribution in [1.82, 2.24) is 0 Å². The monoisotopic (exact) mass is 268 g/mol. The van der Waals surface area contributed by atoms with Gasteiger partial charge in [0.05, 0.1) is 0 Å². The third-order valence-electron chi connectivity index (χ3n) is 2.09. The molecule has 2 aromatic carbocycles. The summed E-state index contributed by atoms with van der Waals surface area (Å²) >= 11 is 3.21. The van der Waals surface area contributed by atoms with Crippen molar-refractivity contribution in [3.63, 3.8) is 0 Å². The number of hydrogen-bond acceptors (Lipinski definition) is 0. The van der Waals surface area contributed by atoms with Gasteiger partial charge in [-0.1, -0.05) is 46.3 Å². The molecule has 0 aliphatic rings. The Morgan fingerprint density at radius 2 is 1.47 bits per heavy atom. The van der Waals surface area contributed by atoms with Crippen molar-refractivity contribution in [1.29, 1.82) is 0 Å². The highest BCUT2D eigenvalue weighted by atomic mass is 79.9. The van der Waals surface area contributed by atoms with Crippen LogP contribution in [0.1, 0.15) is 0 Å². The maximum Gasteiger partial charge on any atom is 0.159 e. The van der Waals surface area contributed by atoms with Crippen molar-refractivity contribution in [2.75, 3.05) is 0 Å². The van der Waals surface area contributed by atoms with Crippen molar-refractivity contribution in [2.24, 2.45) is 0 Å². The Bertz CT molecular complexity index is 480. The Hall–Kier alpha value is -1.22. The molecule has 0 saturated carbocycles. The zero-order valence-corrected chi connectivity index (χ0v) is 9.26. The lowest BCUT2D eigenvalue weighted by Gasteiger charge is -2.05. The normalized spacial score (nSPS) is 10.3. The van der Waals surface area contributed by atoms with Gasteiger partial charge in [0.15, 0.2) is 11.6 Å². The topological polar surface area (TPSA) is 0 Å². The fourth-order valence-corrected chi connectivity index (χ4v) is 1.91. The van der Waals surface area contributed by atoms with Crippen molar-refractivity contribution < 1.29 is 8.78 Å². The molecule has 0 radical (unpaired) electrons. The van der Waals surface area contributed by atoms with Crippen molar-refractivity contribution >= 4 is 15.9 Å². The third-order valence-corrected chi connectivity index (χ3v) is 2.75. The predicted molar refractivity (Wildman–Crippen MR) is 59.5 cm³/mol. The molecule has 0 aliphatic heterocycles. The Morgan fingerprint density at radius 1 is 0.867 bits per heavy atom. The maximum atomic E-state index is 13.0. The van der Waals surface area contributed by atoms with Crippen LogP contribution in [0, 0.1) is 11.6 Å². The molecular weight excluding hydrogens is 262 g/mol. The van der Waals surface area contributed by atoms with Crippen LogP contribution in [0.15, 0.2) is 46.9 Å². The van der Waals surface area contributed by atoms with Crippen LogP contribution in [0.3, 0.4) is 0 Å². The molecule has 0 saturated heterocycles. The summed E-state index contributed by atoms with van der Waals surface area (Å²) in [4.78, 5) is 0. The van der Waals surface area contributed by atoms with Gasteiger partial charge in [-0.2, -0.15) is 0 Å². The molecule has 0 spiro atoms. The summed E-state index contributed by atoms with van der Waals surface area (Å²) in [5.74, 6) is -1.68. The molecule has 0 bridgehead atoms. The van der Waals surface area contributed by atoms with E-state index < -0.39 is 11.6 Å². The first kappa shape index (κ1) is 10.3. The average Bonchev–Trinajstić information content (AvgIpc) is 2.25. The number of hydrogen-bond donors (Lipinski definition) is 0. The van der Waals surface area contributed by atoms with Crippen LogP contribution in [0.2, 0.25) is 0 Å². The Morgan fingerprint density at radius 3 is 2.13 bits per heavy atom. The molecule has 0 fully saturated rings. The molecule has 2 rings (SSSR count). The van der Waals surface area contributed by atoms with Gasteiger partial charge in [0.25, 0.3) is 0 Å². The van der Waals surface area contributed by atoms with E-state index in [0.29, 0.717) is 10.0 Å². The molecule has 0 aliphatic carbocycles. The molecule has 0 aromatic heterocycles. The lowest BCUT2D eigenvalue weighted by atomic mass is 10.1. The fraction of sp³-hybridized carbons (Fsp3) is 0. The largest absolute Gasteiger partial charge is 0.204 e. The van der Waals surface area contributed by atoms with E-state index in [1.165, 1.54) is 6.07 Å². The van der Waals surface area contributed by atoms with E-state index in [9.17, 15) is 8.78 Å². The van der Waals surface area contributed by atoms with Crippen molar-refractivity contribution in [3.05, 3.63) is 58.6 Å². The van der Waals surface area contributed by atoms with Crippen LogP contribution in [0.5, 0.6) is 0 Å². The Labute approximate surface area is 94.7 Å². The van der Waals surface area contributed by atoms with Gasteiger partial charge in [-0.15, -0.1) is 0 Å². The standard InChI is InChI=1S/C12H7BrF2/c13-10-7-12(15)11(14)6-9(10)8-4-2-1-3-5-8/h1-7H. The summed E-state index contributed by atoms with van der Waals surface area (Å²) in [6.45, 7) is 0. The van der Waals surface area contributed by atoms with E-state index in [1.807, 2.05) is 30.3 Å². The van der Waals surface area contributed by atoms with Crippen LogP contribution >= 0.6 is 15.9 Å². The molecular formula is C12H7BrF2. The van der Waals surface area contributed by atoms with E-state index in [0.717, 1.165) is 11.6 Å². The summed E-state index contributed by atoms with van der Waals surface area (Å²) in [6, 6.07) is 11.6. The minimum Gasteiger partial charge on any atom is -0.204 e. The SMILES string of the molecule is Fc1cc(Br)c(-c2ccccc2)cc1F. The first-order valence-electron chi connectivity index (χ1n) is 4.38. The Balaban J connectivity index is 2.59. The minimum absolute atomic E-state index is 0.549. The second kappa shape index (κ2) is 4.11. The molecule has 76 valence electrons. The van der Waals surface area contributed by atoms with Gasteiger partial charge in [-0.05, 0) is 23.3 Å². The first-order valence-corrected chi connectivity index (χ1v) is 5.18. The van der Waals surface area contributed by atoms with Crippen LogP contribution in [-0.2, 0) is 0 Å². The molecule has 0 atom stereocenters. The molecule has 3 heteroatoms. The fourth-order valence-electron chi connectivity index (χ4n) is 1.36. The predicted octanol–water partition coefficient (Wildman–Crippen LogP) is 4.39.